The highest BCUT2D eigenvalue weighted by molar-refractivity contribution is 9.10. The van der Waals surface area contributed by atoms with Crippen LogP contribution in [-0.2, 0) is 0 Å². The summed E-state index contributed by atoms with van der Waals surface area (Å²) in [5.41, 5.74) is 8.18. The lowest BCUT2D eigenvalue weighted by atomic mass is 9.78. The topological polar surface area (TPSA) is 44.7 Å². The molecule has 1 amide bonds. The van der Waals surface area contributed by atoms with Gasteiger partial charge in [0.1, 0.15) is 0 Å². The minimum atomic E-state index is -0.223. The lowest BCUT2D eigenvalue weighted by Crippen LogP contribution is -2.51. The number of nitrogens with one attached hydrogen (secondary N) is 1. The Bertz CT molecular complexity index is 949. The number of rotatable bonds is 4. The van der Waals surface area contributed by atoms with Crippen LogP contribution in [0.4, 0.5) is 5.69 Å². The molecule has 4 nitrogen and oxygen atoms in total. The monoisotopic (exact) mass is 455 g/mol. The first kappa shape index (κ1) is 21.6. The third-order valence-corrected chi connectivity index (χ3v) is 6.13. The third kappa shape index (κ3) is 4.55. The van der Waals surface area contributed by atoms with Gasteiger partial charge in [-0.05, 0) is 94.0 Å². The van der Waals surface area contributed by atoms with Gasteiger partial charge in [0.15, 0.2) is 0 Å². The molecule has 2 aromatic rings. The largest absolute Gasteiger partial charge is 0.364 e. The van der Waals surface area contributed by atoms with Crippen molar-refractivity contribution in [3.05, 3.63) is 63.1 Å². The smallest absolute Gasteiger partial charge is 0.271 e. The van der Waals surface area contributed by atoms with E-state index < -0.39 is 0 Å². The number of amides is 1. The van der Waals surface area contributed by atoms with Crippen LogP contribution in [-0.4, -0.2) is 23.7 Å². The highest BCUT2D eigenvalue weighted by Gasteiger charge is 2.37. The van der Waals surface area contributed by atoms with E-state index in [4.69, 9.17) is 0 Å². The van der Waals surface area contributed by atoms with Crippen molar-refractivity contribution in [1.82, 2.24) is 5.43 Å². The molecule has 0 saturated heterocycles. The molecule has 0 radical (unpaired) electrons. The number of carbonyl (C=O) groups is 1. The average Bonchev–Trinajstić information content (AvgIpc) is 2.61. The van der Waals surface area contributed by atoms with Crippen LogP contribution in [0.3, 0.4) is 0 Å². The minimum Gasteiger partial charge on any atom is -0.364 e. The fraction of sp³-hybridized carbons (Fsp3) is 0.417. The maximum Gasteiger partial charge on any atom is 0.271 e. The van der Waals surface area contributed by atoms with Crippen molar-refractivity contribution in [1.29, 1.82) is 0 Å². The van der Waals surface area contributed by atoms with Crippen molar-refractivity contribution in [3.63, 3.8) is 0 Å². The summed E-state index contributed by atoms with van der Waals surface area (Å²) < 4.78 is 0.867. The third-order valence-electron chi connectivity index (χ3n) is 5.64. The van der Waals surface area contributed by atoms with Crippen molar-refractivity contribution in [3.8, 4) is 0 Å². The number of anilines is 1. The van der Waals surface area contributed by atoms with Crippen LogP contribution in [0.5, 0.6) is 0 Å². The molecule has 5 heteroatoms. The molecule has 2 aromatic carbocycles. The summed E-state index contributed by atoms with van der Waals surface area (Å²) in [6, 6.07) is 12.2. The van der Waals surface area contributed by atoms with Gasteiger partial charge in [-0.1, -0.05) is 28.9 Å². The van der Waals surface area contributed by atoms with E-state index in [0.717, 1.165) is 22.0 Å². The summed E-state index contributed by atoms with van der Waals surface area (Å²) in [5, 5.41) is 4.21. The lowest BCUT2D eigenvalue weighted by Gasteiger charge is -2.50. The van der Waals surface area contributed by atoms with Gasteiger partial charge < -0.3 is 4.90 Å². The van der Waals surface area contributed by atoms with Crippen LogP contribution < -0.4 is 10.3 Å². The molecule has 1 aliphatic rings. The second-order valence-electron chi connectivity index (χ2n) is 8.86. The predicted molar refractivity (Wildman–Crippen MR) is 125 cm³/mol. The Morgan fingerprint density at radius 1 is 1.31 bits per heavy atom. The molecule has 0 spiro atoms. The van der Waals surface area contributed by atoms with Crippen LogP contribution in [0.15, 0.2) is 46.0 Å². The first-order valence-electron chi connectivity index (χ1n) is 10.1. The first-order chi connectivity index (χ1) is 13.6. The zero-order valence-corrected chi connectivity index (χ0v) is 19.7. The SMILES string of the molecule is Cc1cc2c(cc1/C=N/NC(=O)c1cccc(Br)c1)C(C)CC(C)(C)N2C(C)C. The predicted octanol–water partition coefficient (Wildman–Crippen LogP) is 6.02. The van der Waals surface area contributed by atoms with Gasteiger partial charge in [-0.3, -0.25) is 4.79 Å². The fourth-order valence-electron chi connectivity index (χ4n) is 4.59. The van der Waals surface area contributed by atoms with E-state index in [9.17, 15) is 4.79 Å². The normalized spacial score (nSPS) is 18.2. The van der Waals surface area contributed by atoms with Crippen molar-refractivity contribution in [2.45, 2.75) is 65.5 Å². The second kappa shape index (κ2) is 8.31. The van der Waals surface area contributed by atoms with E-state index >= 15 is 0 Å². The average molecular weight is 456 g/mol. The maximum atomic E-state index is 12.3. The van der Waals surface area contributed by atoms with Gasteiger partial charge in [0.25, 0.3) is 5.91 Å². The first-order valence-corrected chi connectivity index (χ1v) is 10.9. The van der Waals surface area contributed by atoms with E-state index in [1.165, 1.54) is 11.3 Å². The molecule has 1 heterocycles. The van der Waals surface area contributed by atoms with Crippen molar-refractivity contribution >= 4 is 33.7 Å². The number of nitrogens with zero attached hydrogens (tertiary/aromatic N) is 2. The Kier molecular flexibility index (Phi) is 6.18. The number of hydrogen-bond acceptors (Lipinski definition) is 3. The van der Waals surface area contributed by atoms with Crippen molar-refractivity contribution < 1.29 is 4.79 Å². The second-order valence-corrected chi connectivity index (χ2v) is 9.77. The maximum absolute atomic E-state index is 12.3. The number of carbonyl (C=O) groups excluding carboxylic acids is 1. The summed E-state index contributed by atoms with van der Waals surface area (Å²) in [5.74, 6) is 0.248. The lowest BCUT2D eigenvalue weighted by molar-refractivity contribution is 0.0955. The summed E-state index contributed by atoms with van der Waals surface area (Å²) in [6.45, 7) is 13.6. The van der Waals surface area contributed by atoms with Gasteiger partial charge in [-0.25, -0.2) is 5.43 Å². The van der Waals surface area contributed by atoms with Crippen LogP contribution in [0.1, 0.15) is 74.0 Å². The standard InChI is InChI=1S/C24H30BrN3O/c1-15(2)28-22-10-16(3)19(12-21(22)17(4)13-24(28,5)6)14-26-27-23(29)18-8-7-9-20(25)11-18/h7-12,14-15,17H,13H2,1-6H3,(H,27,29)/b26-14+. The van der Waals surface area contributed by atoms with Crippen LogP contribution in [0, 0.1) is 6.92 Å². The van der Waals surface area contributed by atoms with E-state index in [1.807, 2.05) is 12.1 Å². The Balaban J connectivity index is 1.86. The number of fused-ring (bicyclic) bond motifs is 1. The molecule has 0 bridgehead atoms. The highest BCUT2D eigenvalue weighted by atomic mass is 79.9. The zero-order valence-electron chi connectivity index (χ0n) is 18.1. The number of aryl methyl sites for hydroxylation is 1. The Labute approximate surface area is 182 Å². The van der Waals surface area contributed by atoms with Gasteiger partial charge in [-0.15, -0.1) is 0 Å². The number of hydrogen-bond donors (Lipinski definition) is 1. The molecular formula is C24H30BrN3O. The number of halogens is 1. The molecule has 154 valence electrons. The Morgan fingerprint density at radius 3 is 2.69 bits per heavy atom. The summed E-state index contributed by atoms with van der Waals surface area (Å²) in [7, 11) is 0. The number of hydrazone groups is 1. The van der Waals surface area contributed by atoms with Crippen molar-refractivity contribution in [2.24, 2.45) is 5.10 Å². The van der Waals surface area contributed by atoms with Gasteiger partial charge in [0, 0.05) is 27.3 Å². The molecule has 1 aliphatic heterocycles. The van der Waals surface area contributed by atoms with Crippen LogP contribution in [0.25, 0.3) is 0 Å². The minimum absolute atomic E-state index is 0.126. The molecule has 3 rings (SSSR count). The quantitative estimate of drug-likeness (QED) is 0.452. The molecular weight excluding hydrogens is 426 g/mol. The summed E-state index contributed by atoms with van der Waals surface area (Å²) >= 11 is 3.39. The molecule has 0 fully saturated rings. The summed E-state index contributed by atoms with van der Waals surface area (Å²) in [4.78, 5) is 14.8. The Morgan fingerprint density at radius 2 is 2.03 bits per heavy atom. The van der Waals surface area contributed by atoms with Crippen LogP contribution in [0.2, 0.25) is 0 Å². The number of benzene rings is 2. The fourth-order valence-corrected chi connectivity index (χ4v) is 4.98. The molecule has 29 heavy (non-hydrogen) atoms. The van der Waals surface area contributed by atoms with E-state index in [-0.39, 0.29) is 11.4 Å². The van der Waals surface area contributed by atoms with Gasteiger partial charge in [0.05, 0.1) is 6.21 Å². The zero-order chi connectivity index (χ0) is 21.3. The van der Waals surface area contributed by atoms with Gasteiger partial charge in [-0.2, -0.15) is 5.10 Å². The van der Waals surface area contributed by atoms with E-state index in [0.29, 0.717) is 17.5 Å². The van der Waals surface area contributed by atoms with E-state index in [2.05, 4.69) is 85.0 Å². The molecule has 1 unspecified atom stereocenters. The summed E-state index contributed by atoms with van der Waals surface area (Å²) in [6.07, 6.45) is 2.86. The molecule has 1 atom stereocenters. The molecule has 0 aliphatic carbocycles. The van der Waals surface area contributed by atoms with E-state index in [1.54, 1.807) is 18.3 Å². The van der Waals surface area contributed by atoms with Crippen molar-refractivity contribution in [2.75, 3.05) is 4.90 Å². The van der Waals surface area contributed by atoms with Gasteiger partial charge in [0.2, 0.25) is 0 Å². The molecule has 1 N–H and O–H groups in total. The molecule has 0 saturated carbocycles. The highest BCUT2D eigenvalue weighted by Crippen LogP contribution is 2.45. The van der Waals surface area contributed by atoms with Crippen LogP contribution >= 0.6 is 15.9 Å². The van der Waals surface area contributed by atoms with Gasteiger partial charge >= 0.3 is 0 Å². The molecule has 0 aromatic heterocycles. The Hall–Kier alpha value is -2.14.